The zero-order valence-corrected chi connectivity index (χ0v) is 33.6. The van der Waals surface area contributed by atoms with Crippen molar-refractivity contribution in [3.05, 3.63) is 119 Å². The Balaban J connectivity index is 1.36. The van der Waals surface area contributed by atoms with Gasteiger partial charge in [-0.2, -0.15) is 5.10 Å². The zero-order valence-electron chi connectivity index (χ0n) is 33.6. The van der Waals surface area contributed by atoms with Gasteiger partial charge in [0.2, 0.25) is 0 Å². The summed E-state index contributed by atoms with van der Waals surface area (Å²) in [4.78, 5) is 4.86. The van der Waals surface area contributed by atoms with Gasteiger partial charge in [-0.1, -0.05) is 106 Å². The first kappa shape index (κ1) is 36.7. The minimum absolute atomic E-state index is 0.0848. The molecule has 3 aromatic heterocycles. The number of rotatable bonds is 10. The number of hydrogen-bond donors (Lipinski definition) is 0. The van der Waals surface area contributed by atoms with Crippen molar-refractivity contribution < 1.29 is 4.74 Å². The molecule has 0 spiro atoms. The summed E-state index contributed by atoms with van der Waals surface area (Å²) in [5, 5.41) is 7.81. The Hall–Kier alpha value is -4.64. The summed E-state index contributed by atoms with van der Waals surface area (Å²) in [6, 6.07) is 26.1. The molecular weight excluding hydrogens is 649 g/mol. The first-order valence-corrected chi connectivity index (χ1v) is 20.1. The summed E-state index contributed by atoms with van der Waals surface area (Å²) in [5.41, 5.74) is 11.3. The van der Waals surface area contributed by atoms with Crippen molar-refractivity contribution in [3.63, 3.8) is 0 Å². The molecule has 3 atom stereocenters. The van der Waals surface area contributed by atoms with E-state index >= 15 is 0 Å². The maximum Gasteiger partial charge on any atom is 0.137 e. The van der Waals surface area contributed by atoms with Crippen LogP contribution in [-0.4, -0.2) is 19.3 Å². The maximum atomic E-state index is 6.88. The SMILES string of the molecule is CCC1=C[C@H](C)C[C@H](CC)C1c1c(CC)nn(-c2cc(Oc3ccc4c5ccccc5n(-c5cc(C(C)C)ccn5)c4c3)cc(C(C)(C)C)c2)c1CC. The van der Waals surface area contributed by atoms with Crippen LogP contribution in [-0.2, 0) is 18.3 Å². The van der Waals surface area contributed by atoms with Crippen molar-refractivity contribution in [2.24, 2.45) is 11.8 Å². The minimum Gasteiger partial charge on any atom is -0.457 e. The van der Waals surface area contributed by atoms with Crippen molar-refractivity contribution in [2.75, 3.05) is 0 Å². The second-order valence-corrected chi connectivity index (χ2v) is 16.6. The molecule has 53 heavy (non-hydrogen) atoms. The van der Waals surface area contributed by atoms with Crippen LogP contribution in [0.25, 0.3) is 33.3 Å². The third-order valence-electron chi connectivity index (χ3n) is 11.6. The number of ether oxygens (including phenoxy) is 1. The smallest absolute Gasteiger partial charge is 0.137 e. The third-order valence-corrected chi connectivity index (χ3v) is 11.6. The molecule has 1 aliphatic carbocycles. The highest BCUT2D eigenvalue weighted by Gasteiger charge is 2.35. The van der Waals surface area contributed by atoms with Crippen LogP contribution in [0.15, 0.2) is 90.6 Å². The molecule has 5 nitrogen and oxygen atoms in total. The maximum absolute atomic E-state index is 6.88. The molecule has 3 aromatic carbocycles. The molecule has 0 radical (unpaired) electrons. The molecule has 0 aliphatic heterocycles. The van der Waals surface area contributed by atoms with E-state index in [0.717, 1.165) is 53.3 Å². The predicted molar refractivity (Wildman–Crippen MR) is 222 cm³/mol. The van der Waals surface area contributed by atoms with Gasteiger partial charge in [-0.15, -0.1) is 0 Å². The molecule has 0 N–H and O–H groups in total. The van der Waals surface area contributed by atoms with E-state index in [1.165, 1.54) is 51.7 Å². The van der Waals surface area contributed by atoms with Crippen molar-refractivity contribution in [2.45, 2.75) is 119 Å². The summed E-state index contributed by atoms with van der Waals surface area (Å²) >= 11 is 0. The lowest BCUT2D eigenvalue weighted by Crippen LogP contribution is -2.23. The molecule has 0 bridgehead atoms. The van der Waals surface area contributed by atoms with Crippen molar-refractivity contribution in [1.29, 1.82) is 0 Å². The highest BCUT2D eigenvalue weighted by Crippen LogP contribution is 2.47. The average molecular weight is 707 g/mol. The van der Waals surface area contributed by atoms with Crippen LogP contribution in [0.4, 0.5) is 0 Å². The number of nitrogens with zero attached hydrogens (tertiary/aromatic N) is 4. The lowest BCUT2D eigenvalue weighted by Gasteiger charge is -2.35. The van der Waals surface area contributed by atoms with Crippen molar-refractivity contribution in [1.82, 2.24) is 19.3 Å². The Kier molecular flexibility index (Phi) is 10.1. The fourth-order valence-electron chi connectivity index (χ4n) is 8.81. The zero-order chi connectivity index (χ0) is 37.6. The normalized spacial score (nSPS) is 17.9. The van der Waals surface area contributed by atoms with Gasteiger partial charge in [0.25, 0.3) is 0 Å². The van der Waals surface area contributed by atoms with Gasteiger partial charge in [-0.05, 0) is 102 Å². The standard InChI is InChI=1S/C48H58N4O/c1-11-32-23-31(7)24-33(12-2)46(32)47-41(13-3)50-52(42(47)14-4)36-26-35(48(8,9)10)27-38(28-36)53-37-19-20-40-39-17-15-16-18-43(39)51(44(40)29-37)45-25-34(30(5)6)21-22-49-45/h15-23,25-31,33,46H,11-14,24H2,1-10H3/t31-,33-,46?/m0/s1. The minimum atomic E-state index is -0.0848. The molecule has 1 unspecified atom stereocenters. The van der Waals surface area contributed by atoms with Crippen LogP contribution < -0.4 is 4.74 Å². The number of fused-ring (bicyclic) bond motifs is 3. The second kappa shape index (κ2) is 14.6. The van der Waals surface area contributed by atoms with Gasteiger partial charge in [0, 0.05) is 46.3 Å². The lowest BCUT2D eigenvalue weighted by molar-refractivity contribution is 0.346. The Morgan fingerprint density at radius 2 is 1.60 bits per heavy atom. The van der Waals surface area contributed by atoms with Crippen LogP contribution in [0.5, 0.6) is 11.5 Å². The lowest BCUT2D eigenvalue weighted by atomic mass is 9.69. The van der Waals surface area contributed by atoms with Gasteiger partial charge in [0.1, 0.15) is 17.3 Å². The highest BCUT2D eigenvalue weighted by atomic mass is 16.5. The Morgan fingerprint density at radius 1 is 0.830 bits per heavy atom. The van der Waals surface area contributed by atoms with E-state index in [2.05, 4.69) is 157 Å². The average Bonchev–Trinajstić information content (AvgIpc) is 3.69. The van der Waals surface area contributed by atoms with Gasteiger partial charge in [-0.25, -0.2) is 9.67 Å². The summed E-state index contributed by atoms with van der Waals surface area (Å²) < 4.78 is 11.4. The van der Waals surface area contributed by atoms with Crippen LogP contribution in [0.3, 0.4) is 0 Å². The Morgan fingerprint density at radius 3 is 2.30 bits per heavy atom. The quantitative estimate of drug-likeness (QED) is 0.133. The highest BCUT2D eigenvalue weighted by molar-refractivity contribution is 6.09. The van der Waals surface area contributed by atoms with Crippen LogP contribution in [0.2, 0.25) is 0 Å². The molecule has 5 heteroatoms. The first-order valence-electron chi connectivity index (χ1n) is 20.1. The molecule has 0 saturated heterocycles. The number of aryl methyl sites for hydroxylation is 1. The van der Waals surface area contributed by atoms with E-state index in [1.54, 1.807) is 5.57 Å². The van der Waals surface area contributed by atoms with E-state index in [4.69, 9.17) is 14.8 Å². The fraction of sp³-hybridized carbons (Fsp3) is 0.417. The summed E-state index contributed by atoms with van der Waals surface area (Å²) in [5.74, 6) is 4.63. The molecule has 6 aromatic rings. The summed E-state index contributed by atoms with van der Waals surface area (Å²) in [6.07, 6.45) is 9.84. The summed E-state index contributed by atoms with van der Waals surface area (Å²) in [6.45, 7) is 22.9. The second-order valence-electron chi connectivity index (χ2n) is 16.6. The topological polar surface area (TPSA) is 44.9 Å². The van der Waals surface area contributed by atoms with Gasteiger partial charge in [0.15, 0.2) is 0 Å². The van der Waals surface area contributed by atoms with Gasteiger partial charge < -0.3 is 4.74 Å². The first-order chi connectivity index (χ1) is 25.4. The summed E-state index contributed by atoms with van der Waals surface area (Å²) in [7, 11) is 0. The number of aromatic nitrogens is 4. The van der Waals surface area contributed by atoms with Crippen LogP contribution in [0, 0.1) is 11.8 Å². The number of para-hydroxylation sites is 1. The largest absolute Gasteiger partial charge is 0.457 e. The molecule has 0 saturated carbocycles. The van der Waals surface area contributed by atoms with Crippen LogP contribution >= 0.6 is 0 Å². The molecular formula is C48H58N4O. The van der Waals surface area contributed by atoms with E-state index < -0.39 is 0 Å². The molecule has 3 heterocycles. The van der Waals surface area contributed by atoms with E-state index in [0.29, 0.717) is 23.7 Å². The fourth-order valence-corrected chi connectivity index (χ4v) is 8.81. The van der Waals surface area contributed by atoms with Gasteiger partial charge in [-0.3, -0.25) is 4.57 Å². The number of benzene rings is 3. The molecule has 0 fully saturated rings. The van der Waals surface area contributed by atoms with Gasteiger partial charge in [0.05, 0.1) is 22.4 Å². The molecule has 7 rings (SSSR count). The molecule has 1 aliphatic rings. The number of hydrogen-bond acceptors (Lipinski definition) is 3. The predicted octanol–water partition coefficient (Wildman–Crippen LogP) is 13.2. The van der Waals surface area contributed by atoms with E-state index in [9.17, 15) is 0 Å². The number of pyridine rings is 1. The van der Waals surface area contributed by atoms with Crippen LogP contribution in [0.1, 0.15) is 128 Å². The van der Waals surface area contributed by atoms with Crippen molar-refractivity contribution in [3.8, 4) is 23.0 Å². The molecule has 0 amide bonds. The Labute approximate surface area is 317 Å². The van der Waals surface area contributed by atoms with E-state index in [-0.39, 0.29) is 5.41 Å². The Bertz CT molecular complexity index is 2290. The van der Waals surface area contributed by atoms with Gasteiger partial charge >= 0.3 is 0 Å². The monoisotopic (exact) mass is 706 g/mol. The van der Waals surface area contributed by atoms with E-state index in [1.807, 2.05) is 6.20 Å². The van der Waals surface area contributed by atoms with Crippen molar-refractivity contribution >= 4 is 21.8 Å². The number of allylic oxidation sites excluding steroid dienone is 2. The third kappa shape index (κ3) is 6.84. The molecule has 276 valence electrons.